The van der Waals surface area contributed by atoms with E-state index >= 15 is 0 Å². The van der Waals surface area contributed by atoms with Crippen LogP contribution in [0, 0.1) is 0 Å². The normalized spacial score (nSPS) is 11.8. The molecule has 4 aromatic carbocycles. The second kappa shape index (κ2) is 10.2. The van der Waals surface area contributed by atoms with Crippen LogP contribution in [0.2, 0.25) is 0 Å². The quantitative estimate of drug-likeness (QED) is 0.310. The first-order valence-corrected chi connectivity index (χ1v) is 11.4. The molecule has 0 aliphatic rings. The largest absolute Gasteiger partial charge is 0.481 e. The summed E-state index contributed by atoms with van der Waals surface area (Å²) in [5, 5.41) is 5.23. The summed E-state index contributed by atoms with van der Waals surface area (Å²) in [6.07, 6.45) is 0.0410. The average Bonchev–Trinajstić information content (AvgIpc) is 2.82. The van der Waals surface area contributed by atoms with Crippen LogP contribution in [0.4, 0.5) is 5.69 Å². The predicted octanol–water partition coefficient (Wildman–Crippen LogP) is 6.93. The zero-order valence-electron chi connectivity index (χ0n) is 17.5. The Kier molecular flexibility index (Phi) is 6.90. The van der Waals surface area contributed by atoms with E-state index in [1.807, 2.05) is 73.7 Å². The molecular weight excluding hydrogens is 402 g/mol. The molecule has 0 saturated carbocycles. The molecule has 0 aromatic heterocycles. The van der Waals surface area contributed by atoms with Crippen molar-refractivity contribution in [1.82, 2.24) is 0 Å². The molecule has 0 aliphatic carbocycles. The Morgan fingerprint density at radius 1 is 0.871 bits per heavy atom. The van der Waals surface area contributed by atoms with Crippen molar-refractivity contribution >= 4 is 34.1 Å². The molecule has 156 valence electrons. The Morgan fingerprint density at radius 2 is 1.58 bits per heavy atom. The third-order valence-corrected chi connectivity index (χ3v) is 6.12. The van der Waals surface area contributed by atoms with E-state index in [9.17, 15) is 4.79 Å². The Labute approximate surface area is 187 Å². The minimum absolute atomic E-state index is 0.137. The summed E-state index contributed by atoms with van der Waals surface area (Å²) in [6, 6.07) is 32.4. The van der Waals surface area contributed by atoms with Gasteiger partial charge in [-0.2, -0.15) is 0 Å². The molecule has 1 amide bonds. The van der Waals surface area contributed by atoms with E-state index in [1.54, 1.807) is 11.8 Å². The van der Waals surface area contributed by atoms with Gasteiger partial charge in [0.25, 0.3) is 5.91 Å². The highest BCUT2D eigenvalue weighted by Gasteiger charge is 2.18. The lowest BCUT2D eigenvalue weighted by atomic mass is 10.1. The van der Waals surface area contributed by atoms with Crippen LogP contribution in [0.1, 0.15) is 18.9 Å². The summed E-state index contributed by atoms with van der Waals surface area (Å²) in [7, 11) is 0. The van der Waals surface area contributed by atoms with Gasteiger partial charge in [0.2, 0.25) is 0 Å². The molecule has 4 rings (SSSR count). The fourth-order valence-electron chi connectivity index (χ4n) is 3.32. The minimum Gasteiger partial charge on any atom is -0.481 e. The number of nitrogens with one attached hydrogen (secondary N) is 1. The molecule has 0 bridgehead atoms. The maximum atomic E-state index is 12.8. The lowest BCUT2D eigenvalue weighted by Gasteiger charge is -2.18. The monoisotopic (exact) mass is 427 g/mol. The van der Waals surface area contributed by atoms with Crippen LogP contribution in [0.15, 0.2) is 102 Å². The highest BCUT2D eigenvalue weighted by atomic mass is 32.2. The number of hydrogen-bond acceptors (Lipinski definition) is 3. The number of carbonyl (C=O) groups is 1. The van der Waals surface area contributed by atoms with E-state index in [0.717, 1.165) is 22.2 Å². The van der Waals surface area contributed by atoms with Gasteiger partial charge in [-0.15, -0.1) is 11.8 Å². The second-order valence-electron chi connectivity index (χ2n) is 7.31. The van der Waals surface area contributed by atoms with Crippen molar-refractivity contribution in [2.24, 2.45) is 0 Å². The molecule has 0 unspecified atom stereocenters. The Bertz CT molecular complexity index is 1140. The van der Waals surface area contributed by atoms with Gasteiger partial charge in [-0.05, 0) is 59.2 Å². The molecule has 0 aliphatic heterocycles. The number of carbonyl (C=O) groups excluding carboxylic acids is 1. The van der Waals surface area contributed by atoms with Crippen molar-refractivity contribution < 1.29 is 9.53 Å². The molecule has 4 aromatic rings. The highest BCUT2D eigenvalue weighted by molar-refractivity contribution is 7.98. The predicted molar refractivity (Wildman–Crippen MR) is 130 cm³/mol. The van der Waals surface area contributed by atoms with Crippen LogP contribution < -0.4 is 10.1 Å². The van der Waals surface area contributed by atoms with Gasteiger partial charge in [-0.1, -0.05) is 67.6 Å². The summed E-state index contributed by atoms with van der Waals surface area (Å²) in [5.41, 5.74) is 1.99. The van der Waals surface area contributed by atoms with Gasteiger partial charge in [0.15, 0.2) is 6.10 Å². The third-order valence-electron chi connectivity index (χ3n) is 5.03. The van der Waals surface area contributed by atoms with E-state index < -0.39 is 6.10 Å². The molecule has 0 radical (unpaired) electrons. The van der Waals surface area contributed by atoms with Crippen molar-refractivity contribution in [2.45, 2.75) is 30.1 Å². The summed E-state index contributed by atoms with van der Waals surface area (Å²) in [6.45, 7) is 1.95. The average molecular weight is 428 g/mol. The van der Waals surface area contributed by atoms with Gasteiger partial charge in [0, 0.05) is 16.3 Å². The maximum absolute atomic E-state index is 12.8. The van der Waals surface area contributed by atoms with Gasteiger partial charge < -0.3 is 10.1 Å². The fourth-order valence-corrected chi connectivity index (χ4v) is 4.19. The minimum atomic E-state index is -0.547. The van der Waals surface area contributed by atoms with Crippen molar-refractivity contribution in [3.63, 3.8) is 0 Å². The maximum Gasteiger partial charge on any atom is 0.265 e. The van der Waals surface area contributed by atoms with Gasteiger partial charge in [-0.3, -0.25) is 4.79 Å². The Morgan fingerprint density at radius 3 is 2.32 bits per heavy atom. The third kappa shape index (κ3) is 5.68. The van der Waals surface area contributed by atoms with E-state index in [2.05, 4.69) is 35.6 Å². The lowest BCUT2D eigenvalue weighted by molar-refractivity contribution is -0.122. The summed E-state index contributed by atoms with van der Waals surface area (Å²) < 4.78 is 6.00. The van der Waals surface area contributed by atoms with E-state index in [1.165, 1.54) is 10.5 Å². The first-order chi connectivity index (χ1) is 15.2. The topological polar surface area (TPSA) is 38.3 Å². The number of fused-ring (bicyclic) bond motifs is 1. The lowest BCUT2D eigenvalue weighted by Crippen LogP contribution is -2.32. The van der Waals surface area contributed by atoms with Gasteiger partial charge in [0.1, 0.15) is 5.75 Å². The van der Waals surface area contributed by atoms with Crippen molar-refractivity contribution in [2.75, 3.05) is 5.32 Å². The molecule has 0 fully saturated rings. The SMILES string of the molecule is CC[C@@H](Oc1ccc2ccccc2c1)C(=O)Nc1ccc(CSc2ccccc2)cc1. The molecule has 0 saturated heterocycles. The summed E-state index contributed by atoms with van der Waals surface area (Å²) in [4.78, 5) is 14.0. The number of thioether (sulfide) groups is 1. The molecule has 3 nitrogen and oxygen atoms in total. The van der Waals surface area contributed by atoms with Crippen LogP contribution in [-0.2, 0) is 10.5 Å². The van der Waals surface area contributed by atoms with Crippen LogP contribution in [0.25, 0.3) is 10.8 Å². The second-order valence-corrected chi connectivity index (χ2v) is 8.36. The van der Waals surface area contributed by atoms with Gasteiger partial charge >= 0.3 is 0 Å². The first kappa shape index (κ1) is 21.0. The molecule has 0 heterocycles. The standard InChI is InChI=1S/C27H25NO2S/c1-2-26(30-24-17-14-21-8-6-7-9-22(21)18-24)27(29)28-23-15-12-20(13-16-23)19-31-25-10-4-3-5-11-25/h3-18,26H,2,19H2,1H3,(H,28,29)/t26-/m1/s1. The van der Waals surface area contributed by atoms with Crippen molar-refractivity contribution in [3.8, 4) is 5.75 Å². The molecular formula is C27H25NO2S. The summed E-state index contributed by atoms with van der Waals surface area (Å²) >= 11 is 1.80. The zero-order chi connectivity index (χ0) is 21.5. The van der Waals surface area contributed by atoms with Crippen LogP contribution in [-0.4, -0.2) is 12.0 Å². The van der Waals surface area contributed by atoms with E-state index in [-0.39, 0.29) is 5.91 Å². The summed E-state index contributed by atoms with van der Waals surface area (Å²) in [5.74, 6) is 1.46. The van der Waals surface area contributed by atoms with Crippen molar-refractivity contribution in [1.29, 1.82) is 0 Å². The first-order valence-electron chi connectivity index (χ1n) is 10.4. The Balaban J connectivity index is 1.35. The van der Waals surface area contributed by atoms with Crippen LogP contribution >= 0.6 is 11.8 Å². The fraction of sp³-hybridized carbons (Fsp3) is 0.148. The van der Waals surface area contributed by atoms with Crippen molar-refractivity contribution in [3.05, 3.63) is 103 Å². The molecule has 4 heteroatoms. The number of ether oxygens (including phenoxy) is 1. The number of anilines is 1. The van der Waals surface area contributed by atoms with Crippen LogP contribution in [0.3, 0.4) is 0 Å². The number of benzene rings is 4. The molecule has 31 heavy (non-hydrogen) atoms. The molecule has 0 spiro atoms. The number of amides is 1. The van der Waals surface area contributed by atoms with E-state index in [0.29, 0.717) is 12.2 Å². The molecule has 1 N–H and O–H groups in total. The number of hydrogen-bond donors (Lipinski definition) is 1. The van der Waals surface area contributed by atoms with Gasteiger partial charge in [-0.25, -0.2) is 0 Å². The Hall–Kier alpha value is -3.24. The van der Waals surface area contributed by atoms with Crippen LogP contribution in [0.5, 0.6) is 5.75 Å². The molecule has 1 atom stereocenters. The van der Waals surface area contributed by atoms with Gasteiger partial charge in [0.05, 0.1) is 0 Å². The van der Waals surface area contributed by atoms with E-state index in [4.69, 9.17) is 4.74 Å². The zero-order valence-corrected chi connectivity index (χ0v) is 18.3. The smallest absolute Gasteiger partial charge is 0.265 e. The number of rotatable bonds is 8. The highest BCUT2D eigenvalue weighted by Crippen LogP contribution is 2.24.